The van der Waals surface area contributed by atoms with Gasteiger partial charge in [0.05, 0.1) is 29.0 Å². The van der Waals surface area contributed by atoms with Crippen LogP contribution in [0.15, 0.2) is 36.7 Å². The number of alkyl halides is 2. The molecule has 5 rings (SSSR count). The van der Waals surface area contributed by atoms with Gasteiger partial charge in [-0.2, -0.15) is 9.65 Å². The highest BCUT2D eigenvalue weighted by molar-refractivity contribution is 14.1. The van der Waals surface area contributed by atoms with Crippen LogP contribution in [0.4, 0.5) is 24.5 Å². The molecule has 0 bridgehead atoms. The average molecular weight is 660 g/mol. The predicted molar refractivity (Wildman–Crippen MR) is 155 cm³/mol. The summed E-state index contributed by atoms with van der Waals surface area (Å²) >= 11 is 2.20. The maximum Gasteiger partial charge on any atom is 0.263 e. The van der Waals surface area contributed by atoms with Gasteiger partial charge < -0.3 is 10.6 Å². The Balaban J connectivity index is 1.60. The van der Waals surface area contributed by atoms with Crippen LogP contribution in [-0.4, -0.2) is 37.9 Å². The molecule has 2 N–H and O–H groups in total. The quantitative estimate of drug-likeness (QED) is 0.163. The number of hydrogen-bond donors (Lipinski definition) is 2. The van der Waals surface area contributed by atoms with Crippen LogP contribution in [0, 0.1) is 33.2 Å². The van der Waals surface area contributed by atoms with Gasteiger partial charge in [-0.05, 0) is 66.0 Å². The maximum atomic E-state index is 13.9. The molecule has 0 aliphatic heterocycles. The van der Waals surface area contributed by atoms with E-state index in [0.29, 0.717) is 53.3 Å². The fourth-order valence-electron chi connectivity index (χ4n) is 4.60. The minimum absolute atomic E-state index is 0.0352. The molecule has 0 amide bonds. The van der Waals surface area contributed by atoms with Crippen LogP contribution in [0.1, 0.15) is 62.2 Å². The van der Waals surface area contributed by atoms with Crippen molar-refractivity contribution in [3.05, 3.63) is 68.7 Å². The largest absolute Gasteiger partial charge is 0.383 e. The summed E-state index contributed by atoms with van der Waals surface area (Å²) in [7, 11) is 0. The molecule has 1 saturated carbocycles. The van der Waals surface area contributed by atoms with E-state index in [1.54, 1.807) is 19.2 Å². The van der Waals surface area contributed by atoms with E-state index in [9.17, 15) is 18.4 Å². The Hall–Kier alpha value is -3.47. The lowest BCUT2D eigenvalue weighted by molar-refractivity contribution is 0.0593. The lowest BCUT2D eigenvalue weighted by atomic mass is 9.96. The molecule has 1 atom stereocenters. The molecule has 0 saturated heterocycles. The van der Waals surface area contributed by atoms with Gasteiger partial charge in [-0.1, -0.05) is 32.1 Å². The molecule has 1 aliphatic rings. The fourth-order valence-corrected chi connectivity index (χ4v) is 5.36. The fraction of sp³-hybridized carbons (Fsp3) is 0.393. The molecule has 1 aliphatic carbocycles. The third-order valence-electron chi connectivity index (χ3n) is 6.99. The van der Waals surface area contributed by atoms with E-state index in [4.69, 9.17) is 0 Å². The lowest BCUT2D eigenvalue weighted by Crippen LogP contribution is -2.26. The Kier molecular flexibility index (Phi) is 7.37. The molecule has 3 heterocycles. The van der Waals surface area contributed by atoms with E-state index in [2.05, 4.69) is 80.3 Å². The van der Waals surface area contributed by atoms with Gasteiger partial charge in [0.25, 0.3) is 6.43 Å². The summed E-state index contributed by atoms with van der Waals surface area (Å²) in [5.74, 6) is -0.622. The zero-order valence-corrected chi connectivity index (χ0v) is 24.6. The standard InChI is InChI=1S/C28H28F3IN8/c1-15-18(5-6-22(29)36-15)25(21-13-40(39-38-21)28(7-8-28)26(30)31)37-17-9-19-23(35-14-27(2,3)4)16(11-33)12-34-24(19)20(32)10-17/h5-6,9-10,12-13,25-26,37H,7-8,14H2,1-4H3,(H,34,35). The number of benzene rings is 1. The van der Waals surface area contributed by atoms with Crippen molar-refractivity contribution in [1.82, 2.24) is 25.0 Å². The number of rotatable bonds is 8. The summed E-state index contributed by atoms with van der Waals surface area (Å²) in [6.07, 6.45) is 1.17. The van der Waals surface area contributed by atoms with Crippen LogP contribution in [0.25, 0.3) is 10.9 Å². The second-order valence-electron chi connectivity index (χ2n) is 11.3. The molecule has 3 aromatic heterocycles. The average Bonchev–Trinajstić information content (AvgIpc) is 3.56. The number of fused-ring (bicyclic) bond motifs is 1. The van der Waals surface area contributed by atoms with Crippen LogP contribution < -0.4 is 10.6 Å². The molecular formula is C28H28F3IN8. The van der Waals surface area contributed by atoms with Crippen LogP contribution in [0.5, 0.6) is 0 Å². The molecule has 0 spiro atoms. The van der Waals surface area contributed by atoms with Gasteiger partial charge in [0.15, 0.2) is 0 Å². The molecule has 0 radical (unpaired) electrons. The number of hydrogen-bond acceptors (Lipinski definition) is 7. The Morgan fingerprint density at radius 2 is 1.98 bits per heavy atom. The first kappa shape index (κ1) is 28.1. The Morgan fingerprint density at radius 1 is 1.23 bits per heavy atom. The number of halogens is 4. The number of anilines is 2. The van der Waals surface area contributed by atoms with Crippen molar-refractivity contribution in [2.24, 2.45) is 5.41 Å². The van der Waals surface area contributed by atoms with E-state index in [1.807, 2.05) is 12.1 Å². The van der Waals surface area contributed by atoms with Gasteiger partial charge in [-0.25, -0.2) is 18.4 Å². The highest BCUT2D eigenvalue weighted by Gasteiger charge is 2.54. The number of nitrogens with one attached hydrogen (secondary N) is 2. The molecule has 12 heteroatoms. The SMILES string of the molecule is Cc1nc(F)ccc1C(Nc1cc(I)c2ncc(C#N)c(NCC(C)(C)C)c2c1)c1cn(C2(C(F)F)CC2)nn1. The van der Waals surface area contributed by atoms with Crippen molar-refractivity contribution in [2.45, 2.75) is 58.5 Å². The predicted octanol–water partition coefficient (Wildman–Crippen LogP) is 6.56. The molecule has 40 heavy (non-hydrogen) atoms. The van der Waals surface area contributed by atoms with Crippen molar-refractivity contribution in [1.29, 1.82) is 5.26 Å². The number of nitriles is 1. The first-order chi connectivity index (χ1) is 18.9. The van der Waals surface area contributed by atoms with E-state index in [-0.39, 0.29) is 5.41 Å². The van der Waals surface area contributed by atoms with E-state index in [0.717, 1.165) is 14.5 Å². The number of aryl methyl sites for hydroxylation is 1. The van der Waals surface area contributed by atoms with Gasteiger partial charge in [-0.15, -0.1) is 5.10 Å². The zero-order chi connectivity index (χ0) is 28.8. The van der Waals surface area contributed by atoms with Crippen molar-refractivity contribution >= 4 is 44.9 Å². The summed E-state index contributed by atoms with van der Waals surface area (Å²) in [6.45, 7) is 8.61. The first-order valence-electron chi connectivity index (χ1n) is 12.8. The Morgan fingerprint density at radius 3 is 2.60 bits per heavy atom. The molecule has 1 fully saturated rings. The minimum Gasteiger partial charge on any atom is -0.383 e. The van der Waals surface area contributed by atoms with E-state index < -0.39 is 24.0 Å². The smallest absolute Gasteiger partial charge is 0.263 e. The monoisotopic (exact) mass is 660 g/mol. The van der Waals surface area contributed by atoms with Gasteiger partial charge in [0.2, 0.25) is 5.95 Å². The highest BCUT2D eigenvalue weighted by atomic mass is 127. The molecule has 1 aromatic carbocycles. The van der Waals surface area contributed by atoms with Crippen molar-refractivity contribution < 1.29 is 13.2 Å². The second kappa shape index (κ2) is 10.5. The normalized spacial score (nSPS) is 15.2. The highest BCUT2D eigenvalue weighted by Crippen LogP contribution is 2.48. The van der Waals surface area contributed by atoms with Crippen LogP contribution in [0.2, 0.25) is 0 Å². The van der Waals surface area contributed by atoms with Gasteiger partial charge in [0, 0.05) is 38.6 Å². The lowest BCUT2D eigenvalue weighted by Gasteiger charge is -2.23. The van der Waals surface area contributed by atoms with E-state index >= 15 is 0 Å². The van der Waals surface area contributed by atoms with Crippen molar-refractivity contribution in [3.63, 3.8) is 0 Å². The Bertz CT molecular complexity index is 1620. The topological polar surface area (TPSA) is 104 Å². The maximum absolute atomic E-state index is 13.9. The third-order valence-corrected chi connectivity index (χ3v) is 7.81. The van der Waals surface area contributed by atoms with Crippen LogP contribution >= 0.6 is 22.6 Å². The molecular weight excluding hydrogens is 632 g/mol. The van der Waals surface area contributed by atoms with Crippen molar-refractivity contribution in [2.75, 3.05) is 17.2 Å². The van der Waals surface area contributed by atoms with Gasteiger partial charge in [0.1, 0.15) is 17.3 Å². The third kappa shape index (κ3) is 5.43. The molecule has 4 aromatic rings. The summed E-state index contributed by atoms with van der Waals surface area (Å²) in [4.78, 5) is 8.49. The second-order valence-corrected chi connectivity index (χ2v) is 12.5. The van der Waals surface area contributed by atoms with E-state index in [1.165, 1.54) is 16.9 Å². The summed E-state index contributed by atoms with van der Waals surface area (Å²) in [5, 5.41) is 25.7. The minimum atomic E-state index is -2.56. The summed E-state index contributed by atoms with van der Waals surface area (Å²) in [6, 6.07) is 8.21. The summed E-state index contributed by atoms with van der Waals surface area (Å²) in [5.41, 5.74) is 2.59. The summed E-state index contributed by atoms with van der Waals surface area (Å²) < 4.78 is 43.6. The van der Waals surface area contributed by atoms with Crippen LogP contribution in [-0.2, 0) is 5.54 Å². The van der Waals surface area contributed by atoms with Gasteiger partial charge >= 0.3 is 0 Å². The van der Waals surface area contributed by atoms with Crippen LogP contribution in [0.3, 0.4) is 0 Å². The number of nitrogens with zero attached hydrogens (tertiary/aromatic N) is 6. The number of pyridine rings is 2. The molecule has 8 nitrogen and oxygen atoms in total. The number of aromatic nitrogens is 5. The molecule has 208 valence electrons. The van der Waals surface area contributed by atoms with Crippen molar-refractivity contribution in [3.8, 4) is 6.07 Å². The zero-order valence-electron chi connectivity index (χ0n) is 22.4. The molecule has 1 unspecified atom stereocenters. The van der Waals surface area contributed by atoms with Gasteiger partial charge in [-0.3, -0.25) is 4.98 Å². The first-order valence-corrected chi connectivity index (χ1v) is 13.9. The Labute approximate surface area is 243 Å².